The number of aromatic nitrogens is 2. The third kappa shape index (κ3) is 5.64. The highest BCUT2D eigenvalue weighted by Gasteiger charge is 2.10. The lowest BCUT2D eigenvalue weighted by atomic mass is 10.1. The summed E-state index contributed by atoms with van der Waals surface area (Å²) in [6.45, 7) is 5.91. The van der Waals surface area contributed by atoms with Crippen LogP contribution in [0.3, 0.4) is 0 Å². The molecule has 5 heteroatoms. The number of hydrogen-bond donors (Lipinski definition) is 2. The van der Waals surface area contributed by atoms with Crippen molar-refractivity contribution in [3.63, 3.8) is 0 Å². The summed E-state index contributed by atoms with van der Waals surface area (Å²) in [6.07, 6.45) is 1.85. The molecule has 0 fully saturated rings. The van der Waals surface area contributed by atoms with Crippen molar-refractivity contribution in [2.75, 3.05) is 5.32 Å². The maximum Gasteiger partial charge on any atom is 0.251 e. The molecule has 1 atom stereocenters. The molecule has 2 N–H and O–H groups in total. The first-order valence-electron chi connectivity index (χ1n) is 9.54. The second kappa shape index (κ2) is 9.13. The van der Waals surface area contributed by atoms with Crippen LogP contribution >= 0.6 is 0 Å². The quantitative estimate of drug-likeness (QED) is 0.635. The molecular formula is C23H26N4O. The first-order valence-corrected chi connectivity index (χ1v) is 9.54. The second-order valence-corrected chi connectivity index (χ2v) is 7.08. The molecule has 3 aromatic rings. The summed E-state index contributed by atoms with van der Waals surface area (Å²) >= 11 is 0. The molecule has 3 rings (SSSR count). The Morgan fingerprint density at radius 2 is 1.61 bits per heavy atom. The number of benzene rings is 2. The average molecular weight is 374 g/mol. The van der Waals surface area contributed by atoms with Crippen LogP contribution in [0.1, 0.15) is 40.7 Å². The van der Waals surface area contributed by atoms with Gasteiger partial charge in [-0.1, -0.05) is 30.3 Å². The summed E-state index contributed by atoms with van der Waals surface area (Å²) in [7, 11) is 0. The molecule has 1 amide bonds. The van der Waals surface area contributed by atoms with Gasteiger partial charge in [-0.3, -0.25) is 4.79 Å². The van der Waals surface area contributed by atoms with Gasteiger partial charge in [-0.25, -0.2) is 9.97 Å². The number of rotatable bonds is 7. The maximum absolute atomic E-state index is 12.5. The highest BCUT2D eigenvalue weighted by Crippen LogP contribution is 2.15. The Hall–Kier alpha value is -3.21. The zero-order valence-electron chi connectivity index (χ0n) is 16.6. The minimum atomic E-state index is -0.0604. The van der Waals surface area contributed by atoms with Gasteiger partial charge in [0.25, 0.3) is 5.91 Å². The van der Waals surface area contributed by atoms with E-state index in [4.69, 9.17) is 0 Å². The molecule has 1 heterocycles. The van der Waals surface area contributed by atoms with E-state index in [2.05, 4.69) is 32.7 Å². The normalized spacial score (nSPS) is 11.7. The second-order valence-electron chi connectivity index (χ2n) is 7.08. The molecule has 0 aliphatic carbocycles. The Morgan fingerprint density at radius 3 is 2.25 bits per heavy atom. The van der Waals surface area contributed by atoms with Crippen molar-refractivity contribution >= 4 is 17.5 Å². The predicted molar refractivity (Wildman–Crippen MR) is 113 cm³/mol. The monoisotopic (exact) mass is 374 g/mol. The summed E-state index contributed by atoms with van der Waals surface area (Å²) in [5, 5.41) is 6.24. The molecule has 28 heavy (non-hydrogen) atoms. The number of anilines is 2. The van der Waals surface area contributed by atoms with Gasteiger partial charge in [0.1, 0.15) is 0 Å². The molecule has 2 aromatic carbocycles. The number of nitrogens with one attached hydrogen (secondary N) is 2. The number of carbonyl (C=O) groups excluding carboxylic acids is 1. The van der Waals surface area contributed by atoms with Crippen molar-refractivity contribution in [3.8, 4) is 0 Å². The van der Waals surface area contributed by atoms with Gasteiger partial charge in [0.15, 0.2) is 0 Å². The molecule has 0 unspecified atom stereocenters. The van der Waals surface area contributed by atoms with Crippen molar-refractivity contribution in [3.05, 3.63) is 83.2 Å². The van der Waals surface area contributed by atoms with Crippen molar-refractivity contribution in [2.45, 2.75) is 39.7 Å². The number of nitrogens with zero attached hydrogens (tertiary/aromatic N) is 2. The summed E-state index contributed by atoms with van der Waals surface area (Å²) in [5.74, 6) is 0.499. The van der Waals surface area contributed by atoms with Crippen LogP contribution < -0.4 is 10.6 Å². The van der Waals surface area contributed by atoms with Crippen molar-refractivity contribution in [2.24, 2.45) is 0 Å². The van der Waals surface area contributed by atoms with E-state index >= 15 is 0 Å². The molecule has 0 saturated carbocycles. The standard InChI is InChI=1S/C23H26N4O/c1-16(9-10-19-7-5-4-6-8-19)24-22(28)20-11-13-21(14-12-20)27-23-25-17(2)15-18(3)26-23/h4-8,11-16H,9-10H2,1-3H3,(H,24,28)(H,25,26,27)/t16-/m1/s1. The van der Waals surface area contributed by atoms with E-state index in [0.29, 0.717) is 11.5 Å². The van der Waals surface area contributed by atoms with E-state index in [0.717, 1.165) is 29.9 Å². The summed E-state index contributed by atoms with van der Waals surface area (Å²) in [4.78, 5) is 21.2. The third-order valence-electron chi connectivity index (χ3n) is 4.47. The van der Waals surface area contributed by atoms with Crippen LogP contribution in [0.2, 0.25) is 0 Å². The third-order valence-corrected chi connectivity index (χ3v) is 4.47. The first-order chi connectivity index (χ1) is 13.5. The topological polar surface area (TPSA) is 66.9 Å². The Morgan fingerprint density at radius 1 is 0.964 bits per heavy atom. The minimum Gasteiger partial charge on any atom is -0.350 e. The maximum atomic E-state index is 12.5. The Labute approximate surface area is 166 Å². The molecule has 0 aliphatic heterocycles. The number of amides is 1. The van der Waals surface area contributed by atoms with Crippen LogP contribution in [0.5, 0.6) is 0 Å². The highest BCUT2D eigenvalue weighted by atomic mass is 16.1. The van der Waals surface area contributed by atoms with E-state index in [1.807, 2.05) is 69.3 Å². The van der Waals surface area contributed by atoms with E-state index < -0.39 is 0 Å². The molecule has 0 saturated heterocycles. The number of carbonyl (C=O) groups is 1. The predicted octanol–water partition coefficient (Wildman–Crippen LogP) is 4.59. The fourth-order valence-corrected chi connectivity index (χ4v) is 3.02. The van der Waals surface area contributed by atoms with Gasteiger partial charge in [0.2, 0.25) is 5.95 Å². The Balaban J connectivity index is 1.54. The SMILES string of the molecule is Cc1cc(C)nc(Nc2ccc(C(=O)N[C@H](C)CCc3ccccc3)cc2)n1. The summed E-state index contributed by atoms with van der Waals surface area (Å²) in [6, 6.07) is 19.7. The molecule has 144 valence electrons. The van der Waals surface area contributed by atoms with Gasteiger partial charge < -0.3 is 10.6 Å². The molecule has 0 radical (unpaired) electrons. The Bertz CT molecular complexity index is 903. The minimum absolute atomic E-state index is 0.0604. The zero-order chi connectivity index (χ0) is 19.9. The van der Waals surface area contributed by atoms with Gasteiger partial charge in [-0.15, -0.1) is 0 Å². The zero-order valence-corrected chi connectivity index (χ0v) is 16.6. The van der Waals surface area contributed by atoms with Gasteiger partial charge >= 0.3 is 0 Å². The highest BCUT2D eigenvalue weighted by molar-refractivity contribution is 5.94. The van der Waals surface area contributed by atoms with Gasteiger partial charge in [0.05, 0.1) is 0 Å². The summed E-state index contributed by atoms with van der Waals surface area (Å²) < 4.78 is 0. The number of hydrogen-bond acceptors (Lipinski definition) is 4. The fraction of sp³-hybridized carbons (Fsp3) is 0.261. The van der Waals surface area contributed by atoms with E-state index in [1.54, 1.807) is 0 Å². The van der Waals surface area contributed by atoms with Crippen LogP contribution in [-0.4, -0.2) is 21.9 Å². The van der Waals surface area contributed by atoms with E-state index in [1.165, 1.54) is 5.56 Å². The van der Waals surface area contributed by atoms with E-state index in [-0.39, 0.29) is 11.9 Å². The lowest BCUT2D eigenvalue weighted by molar-refractivity contribution is 0.0938. The molecule has 0 spiro atoms. The first kappa shape index (κ1) is 19.5. The van der Waals surface area contributed by atoms with Crippen molar-refractivity contribution < 1.29 is 4.79 Å². The lowest BCUT2D eigenvalue weighted by Gasteiger charge is -2.14. The van der Waals surface area contributed by atoms with Gasteiger partial charge in [0, 0.05) is 28.7 Å². The largest absolute Gasteiger partial charge is 0.350 e. The summed E-state index contributed by atoms with van der Waals surface area (Å²) in [5.41, 5.74) is 4.59. The fourth-order valence-electron chi connectivity index (χ4n) is 3.02. The Kier molecular flexibility index (Phi) is 6.37. The molecule has 0 bridgehead atoms. The molecule has 0 aliphatic rings. The lowest BCUT2D eigenvalue weighted by Crippen LogP contribution is -2.32. The van der Waals surface area contributed by atoms with Crippen LogP contribution in [0.15, 0.2) is 60.7 Å². The van der Waals surface area contributed by atoms with Crippen LogP contribution in [0, 0.1) is 13.8 Å². The smallest absolute Gasteiger partial charge is 0.251 e. The molecule has 5 nitrogen and oxygen atoms in total. The number of aryl methyl sites for hydroxylation is 3. The average Bonchev–Trinajstić information content (AvgIpc) is 2.67. The van der Waals surface area contributed by atoms with Gasteiger partial charge in [-0.05, 0) is 69.5 Å². The molecular weight excluding hydrogens is 348 g/mol. The van der Waals surface area contributed by atoms with Crippen LogP contribution in [0.4, 0.5) is 11.6 Å². The van der Waals surface area contributed by atoms with Crippen molar-refractivity contribution in [1.29, 1.82) is 0 Å². The van der Waals surface area contributed by atoms with E-state index in [9.17, 15) is 4.79 Å². The van der Waals surface area contributed by atoms with Crippen LogP contribution in [-0.2, 0) is 6.42 Å². The van der Waals surface area contributed by atoms with Crippen molar-refractivity contribution in [1.82, 2.24) is 15.3 Å². The van der Waals surface area contributed by atoms with Crippen LogP contribution in [0.25, 0.3) is 0 Å². The van der Waals surface area contributed by atoms with Gasteiger partial charge in [-0.2, -0.15) is 0 Å². The molecule has 1 aromatic heterocycles.